The molecule has 2 aromatic carbocycles. The Bertz CT molecular complexity index is 753. The van der Waals surface area contributed by atoms with Crippen molar-refractivity contribution >= 4 is 27.7 Å². The second-order valence-electron chi connectivity index (χ2n) is 5.78. The molecule has 132 valence electrons. The molecule has 1 atom stereocenters. The fourth-order valence-corrected chi connectivity index (χ4v) is 2.87. The Morgan fingerprint density at radius 1 is 1.08 bits per heavy atom. The first-order chi connectivity index (χ1) is 12.0. The zero-order valence-corrected chi connectivity index (χ0v) is 16.1. The van der Waals surface area contributed by atoms with E-state index >= 15 is 0 Å². The van der Waals surface area contributed by atoms with Crippen LogP contribution in [0.1, 0.15) is 52.5 Å². The van der Waals surface area contributed by atoms with Crippen LogP contribution in [-0.4, -0.2) is 25.5 Å². The van der Waals surface area contributed by atoms with E-state index in [-0.39, 0.29) is 12.4 Å². The molecular formula is C20H21BrO4. The number of halogens is 1. The van der Waals surface area contributed by atoms with Crippen LogP contribution in [0.2, 0.25) is 0 Å². The zero-order valence-electron chi connectivity index (χ0n) is 14.5. The number of carbonyl (C=O) groups is 2. The minimum atomic E-state index is -0.548. The lowest BCUT2D eigenvalue weighted by Gasteiger charge is -2.10. The van der Waals surface area contributed by atoms with E-state index < -0.39 is 5.97 Å². The van der Waals surface area contributed by atoms with Crippen molar-refractivity contribution < 1.29 is 19.1 Å². The molecule has 0 aliphatic carbocycles. The van der Waals surface area contributed by atoms with E-state index in [1.54, 1.807) is 37.4 Å². The van der Waals surface area contributed by atoms with Gasteiger partial charge in [-0.25, -0.2) is 4.79 Å². The summed E-state index contributed by atoms with van der Waals surface area (Å²) in [4.78, 5) is 24.3. The first-order valence-corrected chi connectivity index (χ1v) is 8.89. The highest BCUT2D eigenvalue weighted by molar-refractivity contribution is 9.10. The van der Waals surface area contributed by atoms with E-state index in [1.807, 2.05) is 12.1 Å². The maximum atomic E-state index is 12.2. The third-order valence-electron chi connectivity index (χ3n) is 4.14. The van der Waals surface area contributed by atoms with Gasteiger partial charge in [-0.15, -0.1) is 0 Å². The molecule has 0 aliphatic rings. The van der Waals surface area contributed by atoms with Crippen LogP contribution in [0.4, 0.5) is 0 Å². The van der Waals surface area contributed by atoms with E-state index in [0.717, 1.165) is 6.42 Å². The van der Waals surface area contributed by atoms with Crippen LogP contribution in [0.15, 0.2) is 46.9 Å². The first-order valence-electron chi connectivity index (χ1n) is 8.10. The fraction of sp³-hybridized carbons (Fsp3) is 0.300. The van der Waals surface area contributed by atoms with Crippen molar-refractivity contribution in [2.75, 3.05) is 13.7 Å². The summed E-state index contributed by atoms with van der Waals surface area (Å²) in [7, 11) is 1.54. The molecule has 4 nitrogen and oxygen atoms in total. The number of rotatable bonds is 7. The molecule has 0 fully saturated rings. The molecular weight excluding hydrogens is 384 g/mol. The van der Waals surface area contributed by atoms with Gasteiger partial charge in [0.2, 0.25) is 0 Å². The van der Waals surface area contributed by atoms with Gasteiger partial charge in [-0.3, -0.25) is 4.79 Å². The number of methoxy groups -OCH3 is 1. The van der Waals surface area contributed by atoms with Gasteiger partial charge >= 0.3 is 5.97 Å². The summed E-state index contributed by atoms with van der Waals surface area (Å²) in [6.45, 7) is 3.98. The molecule has 0 bridgehead atoms. The summed E-state index contributed by atoms with van der Waals surface area (Å²) in [5.41, 5.74) is 2.09. The van der Waals surface area contributed by atoms with Gasteiger partial charge < -0.3 is 9.47 Å². The zero-order chi connectivity index (χ0) is 18.4. The quantitative estimate of drug-likeness (QED) is 0.480. The molecule has 0 aliphatic heterocycles. The second kappa shape index (κ2) is 8.81. The molecule has 0 heterocycles. The summed E-state index contributed by atoms with van der Waals surface area (Å²) in [5.74, 6) is 0.300. The van der Waals surface area contributed by atoms with Crippen molar-refractivity contribution in [3.63, 3.8) is 0 Å². The third kappa shape index (κ3) is 4.92. The molecule has 5 heteroatoms. The Morgan fingerprint density at radius 2 is 1.72 bits per heavy atom. The Labute approximate surface area is 156 Å². The predicted molar refractivity (Wildman–Crippen MR) is 100 cm³/mol. The van der Waals surface area contributed by atoms with Gasteiger partial charge in [0, 0.05) is 5.56 Å². The number of Topliss-reactive ketones (excluding diaryl/α,β-unsaturated/α-hetero) is 1. The van der Waals surface area contributed by atoms with Crippen LogP contribution in [-0.2, 0) is 4.74 Å². The lowest BCUT2D eigenvalue weighted by Crippen LogP contribution is -2.14. The molecule has 2 aromatic rings. The van der Waals surface area contributed by atoms with Gasteiger partial charge in [-0.1, -0.05) is 38.1 Å². The Morgan fingerprint density at radius 3 is 2.28 bits per heavy atom. The van der Waals surface area contributed by atoms with E-state index in [9.17, 15) is 9.59 Å². The molecule has 0 amide bonds. The van der Waals surface area contributed by atoms with Crippen LogP contribution in [0.3, 0.4) is 0 Å². The first kappa shape index (κ1) is 19.2. The predicted octanol–water partition coefficient (Wildman–Crippen LogP) is 5.01. The highest BCUT2D eigenvalue weighted by Gasteiger charge is 2.14. The summed E-state index contributed by atoms with van der Waals surface area (Å²) in [5, 5.41) is 0. The summed E-state index contributed by atoms with van der Waals surface area (Å²) in [6.07, 6.45) is 1.04. The Balaban J connectivity index is 1.97. The van der Waals surface area contributed by atoms with Crippen LogP contribution < -0.4 is 4.74 Å². The molecule has 0 aromatic heterocycles. The third-order valence-corrected chi connectivity index (χ3v) is 4.76. The van der Waals surface area contributed by atoms with E-state index in [1.165, 1.54) is 5.56 Å². The van der Waals surface area contributed by atoms with Crippen molar-refractivity contribution in [2.45, 2.75) is 26.2 Å². The van der Waals surface area contributed by atoms with Crippen LogP contribution in [0.25, 0.3) is 0 Å². The van der Waals surface area contributed by atoms with Crippen molar-refractivity contribution in [1.29, 1.82) is 0 Å². The second-order valence-corrected chi connectivity index (χ2v) is 6.63. The highest BCUT2D eigenvalue weighted by Crippen LogP contribution is 2.25. The molecule has 25 heavy (non-hydrogen) atoms. The maximum Gasteiger partial charge on any atom is 0.338 e. The maximum absolute atomic E-state index is 12.2. The van der Waals surface area contributed by atoms with Gasteiger partial charge in [0.1, 0.15) is 5.75 Å². The Kier molecular flexibility index (Phi) is 6.76. The van der Waals surface area contributed by atoms with Crippen LogP contribution in [0, 0.1) is 0 Å². The minimum Gasteiger partial charge on any atom is -0.496 e. The number of ether oxygens (including phenoxy) is 2. The summed E-state index contributed by atoms with van der Waals surface area (Å²) >= 11 is 3.32. The van der Waals surface area contributed by atoms with Gasteiger partial charge in [0.05, 0.1) is 17.1 Å². The van der Waals surface area contributed by atoms with Crippen molar-refractivity contribution in [1.82, 2.24) is 0 Å². The number of hydrogen-bond acceptors (Lipinski definition) is 4. The van der Waals surface area contributed by atoms with Gasteiger partial charge in [0.15, 0.2) is 12.4 Å². The number of esters is 1. The van der Waals surface area contributed by atoms with Gasteiger partial charge in [0.25, 0.3) is 0 Å². The molecule has 0 radical (unpaired) electrons. The number of hydrogen-bond donors (Lipinski definition) is 0. The average Bonchev–Trinajstić information content (AvgIpc) is 2.65. The normalized spacial score (nSPS) is 11.7. The smallest absolute Gasteiger partial charge is 0.338 e. The molecule has 0 unspecified atom stereocenters. The largest absolute Gasteiger partial charge is 0.496 e. The molecule has 0 saturated heterocycles. The topological polar surface area (TPSA) is 52.6 Å². The highest BCUT2D eigenvalue weighted by atomic mass is 79.9. The van der Waals surface area contributed by atoms with E-state index in [2.05, 4.69) is 29.8 Å². The Hall–Kier alpha value is -2.14. The van der Waals surface area contributed by atoms with E-state index in [4.69, 9.17) is 9.47 Å². The van der Waals surface area contributed by atoms with Crippen LogP contribution in [0.5, 0.6) is 5.75 Å². The lowest BCUT2D eigenvalue weighted by molar-refractivity contribution is 0.0474. The summed E-state index contributed by atoms with van der Waals surface area (Å²) in [6, 6.07) is 12.3. The van der Waals surface area contributed by atoms with E-state index in [0.29, 0.717) is 27.3 Å². The SMILES string of the molecule is CC[C@H](C)c1ccc(C(=O)COC(=O)c2ccc(OC)c(Br)c2)cc1. The number of carbonyl (C=O) groups excluding carboxylic acids is 2. The molecule has 2 rings (SSSR count). The number of ketones is 1. The molecule has 0 N–H and O–H groups in total. The fourth-order valence-electron chi connectivity index (χ4n) is 2.32. The molecule has 0 saturated carbocycles. The monoisotopic (exact) mass is 404 g/mol. The van der Waals surface area contributed by atoms with Crippen LogP contribution >= 0.6 is 15.9 Å². The van der Waals surface area contributed by atoms with Crippen molar-refractivity contribution in [3.8, 4) is 5.75 Å². The summed E-state index contributed by atoms with van der Waals surface area (Å²) < 4.78 is 10.9. The van der Waals surface area contributed by atoms with Gasteiger partial charge in [-0.05, 0) is 52.0 Å². The average molecular weight is 405 g/mol. The van der Waals surface area contributed by atoms with Crippen molar-refractivity contribution in [2.24, 2.45) is 0 Å². The molecule has 0 spiro atoms. The lowest BCUT2D eigenvalue weighted by atomic mass is 9.97. The number of benzene rings is 2. The minimum absolute atomic E-state index is 0.225. The van der Waals surface area contributed by atoms with Gasteiger partial charge in [-0.2, -0.15) is 0 Å². The van der Waals surface area contributed by atoms with Crippen molar-refractivity contribution in [3.05, 3.63) is 63.6 Å². The standard InChI is InChI=1S/C20H21BrO4/c1-4-13(2)14-5-7-15(8-6-14)18(22)12-25-20(23)16-9-10-19(24-3)17(21)11-16/h5-11,13H,4,12H2,1-3H3/t13-/m0/s1.